The van der Waals surface area contributed by atoms with E-state index in [1.165, 1.54) is 32.1 Å². The van der Waals surface area contributed by atoms with Gasteiger partial charge in [0.05, 0.1) is 6.04 Å². The van der Waals surface area contributed by atoms with E-state index >= 15 is 0 Å². The number of nitrogens with one attached hydrogen (secondary N) is 1. The van der Waals surface area contributed by atoms with Gasteiger partial charge in [-0.05, 0) is 115 Å². The Balaban J connectivity index is 1.12. The summed E-state index contributed by atoms with van der Waals surface area (Å²) in [5.41, 5.74) is 12.1. The van der Waals surface area contributed by atoms with E-state index in [0.29, 0.717) is 30.5 Å². The van der Waals surface area contributed by atoms with Gasteiger partial charge in [-0.3, -0.25) is 19.1 Å². The first-order chi connectivity index (χ1) is 27.0. The maximum atomic E-state index is 14.6. The van der Waals surface area contributed by atoms with Crippen molar-refractivity contribution < 1.29 is 19.5 Å². The monoisotopic (exact) mass is 779 g/mol. The predicted molar refractivity (Wildman–Crippen MR) is 216 cm³/mol. The van der Waals surface area contributed by atoms with Crippen molar-refractivity contribution in [1.29, 1.82) is 0 Å². The molecule has 0 unspecified atom stereocenters. The highest BCUT2D eigenvalue weighted by Crippen LogP contribution is 2.47. The molecule has 1 aliphatic carbocycles. The molecule has 296 valence electrons. The van der Waals surface area contributed by atoms with Gasteiger partial charge in [0.15, 0.2) is 0 Å². The van der Waals surface area contributed by atoms with Crippen molar-refractivity contribution in [1.82, 2.24) is 29.9 Å². The average Bonchev–Trinajstić information content (AvgIpc) is 3.72. The molecule has 11 nitrogen and oxygen atoms in total. The van der Waals surface area contributed by atoms with Crippen LogP contribution in [0.15, 0.2) is 73.3 Å². The largest absolute Gasteiger partial charge is 0.508 e. The van der Waals surface area contributed by atoms with Crippen LogP contribution in [0.5, 0.6) is 5.75 Å². The molecule has 0 bridgehead atoms. The number of fused-ring (bicyclic) bond motifs is 1. The number of amides is 3. The van der Waals surface area contributed by atoms with Crippen LogP contribution in [0, 0.1) is 25.2 Å². The van der Waals surface area contributed by atoms with Crippen LogP contribution in [0.3, 0.4) is 0 Å². The summed E-state index contributed by atoms with van der Waals surface area (Å²) in [5.74, 6) is -0.127. The molecule has 12 heteroatoms. The standard InChI is InChI=1S/C44H54ClN7O4/c1-29-20-36(53)21-30(2)37(29)24-38(46)42(55)52-25-33-9-7-6-8-32(33)23-40(52)41(54)49-39(22-31-12-14-35(45)15-13-31)43(56)50-18-16-44(17-19-50,26-51-28-47-27-48-51)34-10-4-3-5-11-34/h6-9,12-15,20-21,27-28,34,38-40,53H,3-5,10-11,16-19,22-26,46H2,1-2H3,(H,49,54)/t38-,39-,40+/m1/s1. The molecule has 3 aromatic carbocycles. The number of halogens is 1. The summed E-state index contributed by atoms with van der Waals surface area (Å²) in [6, 6.07) is 15.9. The molecule has 7 rings (SSSR count). The van der Waals surface area contributed by atoms with E-state index in [1.807, 2.05) is 59.8 Å². The molecule has 3 amide bonds. The van der Waals surface area contributed by atoms with Crippen LogP contribution < -0.4 is 11.1 Å². The van der Waals surface area contributed by atoms with Crippen molar-refractivity contribution in [2.45, 2.75) is 109 Å². The number of likely N-dealkylation sites (tertiary alicyclic amines) is 1. The SMILES string of the molecule is Cc1cc(O)cc(C)c1C[C@@H](N)C(=O)N1Cc2ccccc2C[C@H]1C(=O)N[C@H](Cc1ccc(Cl)cc1)C(=O)N1CCC(Cn2cncn2)(C2CCCCC2)CC1. The minimum absolute atomic E-state index is 0.0200. The molecule has 3 heterocycles. The molecule has 1 saturated heterocycles. The molecule has 1 aromatic heterocycles. The van der Waals surface area contributed by atoms with Gasteiger partial charge in [-0.1, -0.05) is 67.3 Å². The second kappa shape index (κ2) is 17.2. The molecule has 3 atom stereocenters. The number of piperidine rings is 1. The molecule has 3 aliphatic rings. The summed E-state index contributed by atoms with van der Waals surface area (Å²) in [6.07, 6.45) is 12.0. The minimum Gasteiger partial charge on any atom is -0.508 e. The quantitative estimate of drug-likeness (QED) is 0.177. The third-order valence-electron chi connectivity index (χ3n) is 12.7. The van der Waals surface area contributed by atoms with Gasteiger partial charge >= 0.3 is 0 Å². The average molecular weight is 780 g/mol. The van der Waals surface area contributed by atoms with E-state index in [-0.39, 0.29) is 48.3 Å². The number of nitrogens with two attached hydrogens (primary N) is 1. The molecule has 2 aliphatic heterocycles. The summed E-state index contributed by atoms with van der Waals surface area (Å²) in [5, 5.41) is 18.3. The third kappa shape index (κ3) is 8.79. The maximum absolute atomic E-state index is 14.6. The third-order valence-corrected chi connectivity index (χ3v) is 13.0. The summed E-state index contributed by atoms with van der Waals surface area (Å²) in [4.78, 5) is 51.2. The van der Waals surface area contributed by atoms with Gasteiger partial charge in [0.1, 0.15) is 30.5 Å². The zero-order chi connectivity index (χ0) is 39.4. The fourth-order valence-electron chi connectivity index (χ4n) is 9.57. The molecule has 4 N–H and O–H groups in total. The Morgan fingerprint density at radius 3 is 2.29 bits per heavy atom. The number of phenolic OH excluding ortho intramolecular Hbond substituents is 1. The van der Waals surface area contributed by atoms with Gasteiger partial charge in [0, 0.05) is 44.0 Å². The van der Waals surface area contributed by atoms with Crippen LogP contribution in [0.1, 0.15) is 78.3 Å². The number of carbonyl (C=O) groups excluding carboxylic acids is 3. The number of aromatic nitrogens is 3. The van der Waals surface area contributed by atoms with E-state index in [0.717, 1.165) is 52.8 Å². The lowest BCUT2D eigenvalue weighted by Gasteiger charge is -2.48. The van der Waals surface area contributed by atoms with E-state index in [1.54, 1.807) is 41.8 Å². The second-order valence-corrected chi connectivity index (χ2v) is 16.8. The number of carbonyl (C=O) groups is 3. The highest BCUT2D eigenvalue weighted by molar-refractivity contribution is 6.30. The number of hydrogen-bond acceptors (Lipinski definition) is 7. The summed E-state index contributed by atoms with van der Waals surface area (Å²) < 4.78 is 1.95. The smallest absolute Gasteiger partial charge is 0.245 e. The first-order valence-electron chi connectivity index (χ1n) is 20.1. The fourth-order valence-corrected chi connectivity index (χ4v) is 9.69. The van der Waals surface area contributed by atoms with Gasteiger partial charge in [-0.2, -0.15) is 5.10 Å². The number of phenols is 1. The first kappa shape index (κ1) is 39.5. The molecular weight excluding hydrogens is 726 g/mol. The molecule has 56 heavy (non-hydrogen) atoms. The normalized spacial score (nSPS) is 19.5. The van der Waals surface area contributed by atoms with Crippen LogP contribution >= 0.6 is 11.6 Å². The highest BCUT2D eigenvalue weighted by Gasteiger charge is 2.44. The lowest BCUT2D eigenvalue weighted by molar-refractivity contribution is -0.145. The minimum atomic E-state index is -0.917. The summed E-state index contributed by atoms with van der Waals surface area (Å²) in [7, 11) is 0. The molecule has 0 radical (unpaired) electrons. The van der Waals surface area contributed by atoms with Crippen molar-refractivity contribution in [3.05, 3.63) is 112 Å². The summed E-state index contributed by atoms with van der Waals surface area (Å²) in [6.45, 7) is 5.96. The van der Waals surface area contributed by atoms with Crippen LogP contribution in [0.2, 0.25) is 5.02 Å². The van der Waals surface area contributed by atoms with E-state index in [2.05, 4.69) is 15.4 Å². The van der Waals surface area contributed by atoms with E-state index in [9.17, 15) is 19.5 Å². The van der Waals surface area contributed by atoms with Gasteiger partial charge in [0.2, 0.25) is 17.7 Å². The molecule has 0 spiro atoms. The maximum Gasteiger partial charge on any atom is 0.245 e. The Kier molecular flexibility index (Phi) is 12.1. The number of aryl methyl sites for hydroxylation is 2. The number of rotatable bonds is 11. The molecule has 1 saturated carbocycles. The van der Waals surface area contributed by atoms with Gasteiger partial charge in [0.25, 0.3) is 0 Å². The van der Waals surface area contributed by atoms with Crippen LogP contribution in [-0.4, -0.2) is 78.6 Å². The predicted octanol–water partition coefficient (Wildman–Crippen LogP) is 5.69. The Hall–Kier alpha value is -4.74. The lowest BCUT2D eigenvalue weighted by Crippen LogP contribution is -2.60. The van der Waals surface area contributed by atoms with Crippen LogP contribution in [0.4, 0.5) is 0 Å². The Morgan fingerprint density at radius 2 is 1.62 bits per heavy atom. The Bertz CT molecular complexity index is 1980. The topological polar surface area (TPSA) is 147 Å². The van der Waals surface area contributed by atoms with Gasteiger partial charge < -0.3 is 26.0 Å². The van der Waals surface area contributed by atoms with Crippen LogP contribution in [-0.2, 0) is 46.7 Å². The second-order valence-electron chi connectivity index (χ2n) is 16.3. The lowest BCUT2D eigenvalue weighted by atomic mass is 9.63. The van der Waals surface area contributed by atoms with Crippen molar-refractivity contribution >= 4 is 29.3 Å². The van der Waals surface area contributed by atoms with Crippen molar-refractivity contribution in [3.8, 4) is 5.75 Å². The first-order valence-corrected chi connectivity index (χ1v) is 20.5. The zero-order valence-electron chi connectivity index (χ0n) is 32.5. The number of hydrogen-bond donors (Lipinski definition) is 3. The van der Waals surface area contributed by atoms with Crippen LogP contribution in [0.25, 0.3) is 0 Å². The van der Waals surface area contributed by atoms with Crippen molar-refractivity contribution in [2.75, 3.05) is 13.1 Å². The van der Waals surface area contributed by atoms with Gasteiger partial charge in [-0.15, -0.1) is 0 Å². The highest BCUT2D eigenvalue weighted by atomic mass is 35.5. The number of aromatic hydroxyl groups is 1. The van der Waals surface area contributed by atoms with E-state index < -0.39 is 18.1 Å². The summed E-state index contributed by atoms with van der Waals surface area (Å²) >= 11 is 6.23. The Labute approximate surface area is 334 Å². The van der Waals surface area contributed by atoms with E-state index in [4.69, 9.17) is 17.3 Å². The zero-order valence-corrected chi connectivity index (χ0v) is 33.3. The van der Waals surface area contributed by atoms with Crippen molar-refractivity contribution in [3.63, 3.8) is 0 Å². The Morgan fingerprint density at radius 1 is 0.946 bits per heavy atom. The molecular formula is C44H54ClN7O4. The van der Waals surface area contributed by atoms with Gasteiger partial charge in [-0.25, -0.2) is 4.98 Å². The number of nitrogens with zero attached hydrogens (tertiary/aromatic N) is 5. The molecule has 4 aromatic rings. The fraction of sp³-hybridized carbons (Fsp3) is 0.477. The van der Waals surface area contributed by atoms with Crippen molar-refractivity contribution in [2.24, 2.45) is 17.1 Å². The number of benzene rings is 3. The molecule has 2 fully saturated rings.